The number of imidazole rings is 1. The second-order valence-electron chi connectivity index (χ2n) is 8.99. The number of piperazine rings is 1. The molecule has 1 fully saturated rings. The molecular weight excluding hydrogens is 370 g/mol. The molecule has 0 amide bonds. The third kappa shape index (κ3) is 3.84. The Morgan fingerprint density at radius 2 is 1.87 bits per heavy atom. The summed E-state index contributed by atoms with van der Waals surface area (Å²) in [6.07, 6.45) is 5.89. The zero-order valence-corrected chi connectivity index (χ0v) is 18.2. The molecule has 0 radical (unpaired) electrons. The standard InChI is InChI=1S/C25H33N5/c1-19(2)28-13-15-29(16-14-28)25-12-6-11-24-27-21(18-30(24)25)17-26-23-10-5-8-20-7-3-4-9-22(20)23/h3-4,6-7,9,11-12,18-19,23,26H,5,8,10,13-17H2,1-2H3. The van der Waals surface area contributed by atoms with Crippen molar-refractivity contribution in [2.24, 2.45) is 0 Å². The van der Waals surface area contributed by atoms with E-state index in [0.29, 0.717) is 12.1 Å². The first-order valence-corrected chi connectivity index (χ1v) is 11.5. The van der Waals surface area contributed by atoms with Crippen molar-refractivity contribution in [3.63, 3.8) is 0 Å². The Labute approximate surface area is 179 Å². The molecule has 1 aromatic carbocycles. The molecule has 1 aliphatic heterocycles. The second kappa shape index (κ2) is 8.40. The molecule has 5 rings (SSSR count). The summed E-state index contributed by atoms with van der Waals surface area (Å²) in [6.45, 7) is 9.77. The summed E-state index contributed by atoms with van der Waals surface area (Å²) in [5.41, 5.74) is 5.13. The molecule has 5 nitrogen and oxygen atoms in total. The van der Waals surface area contributed by atoms with Crippen molar-refractivity contribution in [2.45, 2.75) is 51.7 Å². The number of hydrogen-bond donors (Lipinski definition) is 1. The van der Waals surface area contributed by atoms with E-state index in [4.69, 9.17) is 4.98 Å². The minimum atomic E-state index is 0.434. The smallest absolute Gasteiger partial charge is 0.138 e. The molecule has 2 aromatic heterocycles. The molecule has 1 N–H and O–H groups in total. The predicted octanol–water partition coefficient (Wildman–Crippen LogP) is 4.03. The van der Waals surface area contributed by atoms with E-state index in [0.717, 1.165) is 44.1 Å². The van der Waals surface area contributed by atoms with Gasteiger partial charge in [-0.25, -0.2) is 4.98 Å². The van der Waals surface area contributed by atoms with Crippen molar-refractivity contribution in [3.05, 3.63) is 65.5 Å². The summed E-state index contributed by atoms with van der Waals surface area (Å²) < 4.78 is 2.27. The minimum absolute atomic E-state index is 0.434. The topological polar surface area (TPSA) is 35.8 Å². The van der Waals surface area contributed by atoms with Crippen LogP contribution in [0.3, 0.4) is 0 Å². The van der Waals surface area contributed by atoms with Crippen LogP contribution in [0.15, 0.2) is 48.7 Å². The zero-order valence-electron chi connectivity index (χ0n) is 18.2. The van der Waals surface area contributed by atoms with E-state index in [-0.39, 0.29) is 0 Å². The average Bonchev–Trinajstić information content (AvgIpc) is 3.21. The molecule has 1 atom stereocenters. The molecule has 3 aromatic rings. The van der Waals surface area contributed by atoms with Gasteiger partial charge in [-0.15, -0.1) is 0 Å². The lowest BCUT2D eigenvalue weighted by Gasteiger charge is -2.38. The molecular formula is C25H33N5. The number of benzene rings is 1. The van der Waals surface area contributed by atoms with Gasteiger partial charge in [0.2, 0.25) is 0 Å². The maximum absolute atomic E-state index is 4.92. The van der Waals surface area contributed by atoms with Crippen molar-refractivity contribution < 1.29 is 0 Å². The number of nitrogens with zero attached hydrogens (tertiary/aromatic N) is 4. The molecule has 1 unspecified atom stereocenters. The van der Waals surface area contributed by atoms with Crippen LogP contribution in [0.4, 0.5) is 5.82 Å². The molecule has 0 spiro atoms. The monoisotopic (exact) mass is 403 g/mol. The second-order valence-corrected chi connectivity index (χ2v) is 8.99. The van der Waals surface area contributed by atoms with Crippen LogP contribution in [0, 0.1) is 0 Å². The molecule has 158 valence electrons. The lowest BCUT2D eigenvalue weighted by atomic mass is 9.88. The Balaban J connectivity index is 1.31. The van der Waals surface area contributed by atoms with E-state index in [9.17, 15) is 0 Å². The molecule has 30 heavy (non-hydrogen) atoms. The van der Waals surface area contributed by atoms with E-state index in [1.807, 2.05) is 0 Å². The van der Waals surface area contributed by atoms with E-state index < -0.39 is 0 Å². The van der Waals surface area contributed by atoms with Gasteiger partial charge in [0, 0.05) is 51.0 Å². The third-order valence-electron chi connectivity index (χ3n) is 6.79. The Morgan fingerprint density at radius 1 is 1.03 bits per heavy atom. The van der Waals surface area contributed by atoms with Gasteiger partial charge in [-0.3, -0.25) is 9.30 Å². The summed E-state index contributed by atoms with van der Waals surface area (Å²) in [4.78, 5) is 9.97. The lowest BCUT2D eigenvalue weighted by Crippen LogP contribution is -2.49. The Bertz CT molecular complexity index is 1000. The molecule has 5 heteroatoms. The van der Waals surface area contributed by atoms with Gasteiger partial charge in [0.15, 0.2) is 0 Å². The highest BCUT2D eigenvalue weighted by atomic mass is 15.3. The molecule has 0 bridgehead atoms. The first-order valence-electron chi connectivity index (χ1n) is 11.5. The minimum Gasteiger partial charge on any atom is -0.355 e. The van der Waals surface area contributed by atoms with Gasteiger partial charge < -0.3 is 10.2 Å². The summed E-state index contributed by atoms with van der Waals surface area (Å²) >= 11 is 0. The molecule has 0 saturated carbocycles. The van der Waals surface area contributed by atoms with E-state index in [1.54, 1.807) is 0 Å². The molecule has 1 saturated heterocycles. The summed E-state index contributed by atoms with van der Waals surface area (Å²) in [7, 11) is 0. The Hall–Kier alpha value is -2.37. The maximum Gasteiger partial charge on any atom is 0.138 e. The van der Waals surface area contributed by atoms with Gasteiger partial charge in [0.1, 0.15) is 11.5 Å². The first kappa shape index (κ1) is 19.6. The lowest BCUT2D eigenvalue weighted by molar-refractivity contribution is 0.209. The van der Waals surface area contributed by atoms with Gasteiger partial charge >= 0.3 is 0 Å². The largest absolute Gasteiger partial charge is 0.355 e. The third-order valence-corrected chi connectivity index (χ3v) is 6.79. The highest BCUT2D eigenvalue weighted by molar-refractivity contribution is 5.53. The van der Waals surface area contributed by atoms with Crippen LogP contribution in [-0.2, 0) is 13.0 Å². The molecule has 2 aliphatic rings. The fourth-order valence-electron chi connectivity index (χ4n) is 5.05. The SMILES string of the molecule is CC(C)N1CCN(c2cccc3nc(CNC4CCCc5ccccc54)cn23)CC1. The van der Waals surface area contributed by atoms with Crippen molar-refractivity contribution in [2.75, 3.05) is 31.1 Å². The number of anilines is 1. The predicted molar refractivity (Wildman–Crippen MR) is 123 cm³/mol. The Morgan fingerprint density at radius 3 is 2.70 bits per heavy atom. The number of aryl methyl sites for hydroxylation is 1. The van der Waals surface area contributed by atoms with Crippen LogP contribution in [0.25, 0.3) is 5.65 Å². The normalized spacial score (nSPS) is 20.1. The fourth-order valence-corrected chi connectivity index (χ4v) is 5.05. The van der Waals surface area contributed by atoms with Gasteiger partial charge in [-0.2, -0.15) is 0 Å². The van der Waals surface area contributed by atoms with Crippen LogP contribution >= 0.6 is 0 Å². The number of pyridine rings is 1. The van der Waals surface area contributed by atoms with Crippen molar-refractivity contribution in [1.29, 1.82) is 0 Å². The van der Waals surface area contributed by atoms with E-state index >= 15 is 0 Å². The molecule has 1 aliphatic carbocycles. The average molecular weight is 404 g/mol. The quantitative estimate of drug-likeness (QED) is 0.698. The van der Waals surface area contributed by atoms with Crippen molar-refractivity contribution >= 4 is 11.5 Å². The Kier molecular flexibility index (Phi) is 5.48. The first-order chi connectivity index (χ1) is 14.7. The number of nitrogens with one attached hydrogen (secondary N) is 1. The van der Waals surface area contributed by atoms with Gasteiger partial charge in [-0.05, 0) is 56.4 Å². The number of hydrogen-bond acceptors (Lipinski definition) is 4. The van der Waals surface area contributed by atoms with Crippen LogP contribution in [0.1, 0.15) is 49.6 Å². The van der Waals surface area contributed by atoms with E-state index in [2.05, 4.69) is 82.0 Å². The van der Waals surface area contributed by atoms with Gasteiger partial charge in [-0.1, -0.05) is 30.3 Å². The highest BCUT2D eigenvalue weighted by Gasteiger charge is 2.22. The number of rotatable bonds is 5. The summed E-state index contributed by atoms with van der Waals surface area (Å²) in [5, 5.41) is 3.78. The van der Waals surface area contributed by atoms with Gasteiger partial charge in [0.25, 0.3) is 0 Å². The molecule has 3 heterocycles. The van der Waals surface area contributed by atoms with Crippen molar-refractivity contribution in [3.8, 4) is 0 Å². The van der Waals surface area contributed by atoms with E-state index in [1.165, 1.54) is 36.2 Å². The van der Waals surface area contributed by atoms with Crippen LogP contribution in [0.5, 0.6) is 0 Å². The number of aromatic nitrogens is 2. The highest BCUT2D eigenvalue weighted by Crippen LogP contribution is 2.29. The van der Waals surface area contributed by atoms with Crippen LogP contribution in [-0.4, -0.2) is 46.5 Å². The van der Waals surface area contributed by atoms with Crippen LogP contribution < -0.4 is 10.2 Å². The number of fused-ring (bicyclic) bond motifs is 2. The zero-order chi connectivity index (χ0) is 20.5. The summed E-state index contributed by atoms with van der Waals surface area (Å²) in [6, 6.07) is 16.4. The van der Waals surface area contributed by atoms with Gasteiger partial charge in [0.05, 0.1) is 5.69 Å². The van der Waals surface area contributed by atoms with Crippen molar-refractivity contribution in [1.82, 2.24) is 19.6 Å². The van der Waals surface area contributed by atoms with Crippen LogP contribution in [0.2, 0.25) is 0 Å². The summed E-state index contributed by atoms with van der Waals surface area (Å²) in [5.74, 6) is 1.26. The maximum atomic E-state index is 4.92. The fraction of sp³-hybridized carbons (Fsp3) is 0.480.